The average Bonchev–Trinajstić information content (AvgIpc) is 3.19. The van der Waals surface area contributed by atoms with Gasteiger partial charge in [-0.25, -0.2) is 4.79 Å². The summed E-state index contributed by atoms with van der Waals surface area (Å²) in [6.45, 7) is 1.70. The van der Waals surface area contributed by atoms with Gasteiger partial charge in [0.2, 0.25) is 0 Å². The predicted molar refractivity (Wildman–Crippen MR) is 143 cm³/mol. The lowest BCUT2D eigenvalue weighted by Crippen LogP contribution is -2.17. The molecule has 0 fully saturated rings. The maximum absolute atomic E-state index is 13.6. The molecule has 0 amide bonds. The van der Waals surface area contributed by atoms with E-state index >= 15 is 0 Å². The Balaban J connectivity index is 1.53. The molecule has 6 heteroatoms. The maximum atomic E-state index is 13.6. The van der Waals surface area contributed by atoms with E-state index in [9.17, 15) is 9.59 Å². The number of nitrogens with zero attached hydrogens (tertiary/aromatic N) is 1. The van der Waals surface area contributed by atoms with Crippen LogP contribution in [0.4, 0.5) is 0 Å². The molecular weight excluding hydrogens is 518 g/mol. The molecule has 178 valence electrons. The van der Waals surface area contributed by atoms with Crippen LogP contribution in [0.1, 0.15) is 21.6 Å². The van der Waals surface area contributed by atoms with Gasteiger partial charge in [0.15, 0.2) is 12.4 Å². The highest BCUT2D eigenvalue weighted by molar-refractivity contribution is 9.10. The molecule has 1 aromatic heterocycles. The fraction of sp³-hybridized carbons (Fsp3) is 0.0667. The maximum Gasteiger partial charge on any atom is 0.349 e. The number of benzene rings is 4. The number of fused-ring (bicyclic) bond motifs is 1. The molecule has 5 rings (SSSR count). The fourth-order valence-electron chi connectivity index (χ4n) is 4.22. The Labute approximate surface area is 217 Å². The van der Waals surface area contributed by atoms with Crippen molar-refractivity contribution in [2.24, 2.45) is 0 Å². The summed E-state index contributed by atoms with van der Waals surface area (Å²) < 4.78 is 14.1. The number of halogens is 1. The molecule has 0 aliphatic rings. The van der Waals surface area contributed by atoms with E-state index in [4.69, 9.17) is 9.47 Å². The van der Waals surface area contributed by atoms with Gasteiger partial charge in [0.25, 0.3) is 0 Å². The first-order valence-corrected chi connectivity index (χ1v) is 12.2. The van der Waals surface area contributed by atoms with Crippen molar-refractivity contribution in [1.82, 2.24) is 4.57 Å². The van der Waals surface area contributed by atoms with Crippen molar-refractivity contribution >= 4 is 38.6 Å². The summed E-state index contributed by atoms with van der Waals surface area (Å²) in [5, 5.41) is 0.707. The van der Waals surface area contributed by atoms with Crippen LogP contribution in [0.2, 0.25) is 0 Å². The predicted octanol–water partition coefficient (Wildman–Crippen LogP) is 6.92. The van der Waals surface area contributed by atoms with E-state index in [0.717, 1.165) is 21.4 Å². The number of hydrogen-bond donors (Lipinski definition) is 0. The van der Waals surface area contributed by atoms with E-state index < -0.39 is 5.97 Å². The number of hydrogen-bond acceptors (Lipinski definition) is 4. The van der Waals surface area contributed by atoms with Crippen molar-refractivity contribution in [3.05, 3.63) is 124 Å². The average molecular weight is 540 g/mol. The van der Waals surface area contributed by atoms with Crippen LogP contribution in [0.25, 0.3) is 16.6 Å². The molecule has 4 aromatic carbocycles. The molecule has 0 aliphatic carbocycles. The van der Waals surface area contributed by atoms with Crippen molar-refractivity contribution < 1.29 is 19.1 Å². The number of ether oxygens (including phenoxy) is 2. The minimum absolute atomic E-state index is 0.0927. The minimum Gasteiger partial charge on any atom is -0.482 e. The second-order valence-corrected chi connectivity index (χ2v) is 9.14. The van der Waals surface area contributed by atoms with Crippen LogP contribution >= 0.6 is 15.9 Å². The monoisotopic (exact) mass is 539 g/mol. The normalized spacial score (nSPS) is 10.8. The molecule has 0 aliphatic heterocycles. The van der Waals surface area contributed by atoms with E-state index in [1.54, 1.807) is 36.4 Å². The topological polar surface area (TPSA) is 57.5 Å². The number of rotatable bonds is 7. The van der Waals surface area contributed by atoms with Crippen LogP contribution in [0.3, 0.4) is 0 Å². The SMILES string of the molecule is Cc1c(C(=O)c2ccccc2)c2cc(OC(=O)COc3ccccc3)ccc2n1-c1ccc(Br)cc1. The van der Waals surface area contributed by atoms with Gasteiger partial charge in [0, 0.05) is 26.8 Å². The van der Waals surface area contributed by atoms with E-state index in [0.29, 0.717) is 28.0 Å². The molecule has 0 N–H and O–H groups in total. The highest BCUT2D eigenvalue weighted by Gasteiger charge is 2.23. The smallest absolute Gasteiger partial charge is 0.349 e. The fourth-order valence-corrected chi connectivity index (χ4v) is 4.49. The Kier molecular flexibility index (Phi) is 6.69. The molecule has 0 atom stereocenters. The molecule has 5 nitrogen and oxygen atoms in total. The Hall–Kier alpha value is -4.16. The lowest BCUT2D eigenvalue weighted by atomic mass is 10.0. The van der Waals surface area contributed by atoms with Crippen molar-refractivity contribution in [3.8, 4) is 17.2 Å². The van der Waals surface area contributed by atoms with Crippen LogP contribution in [-0.4, -0.2) is 22.9 Å². The lowest BCUT2D eigenvalue weighted by molar-refractivity contribution is -0.136. The van der Waals surface area contributed by atoms with Gasteiger partial charge in [-0.2, -0.15) is 0 Å². The third-order valence-electron chi connectivity index (χ3n) is 5.85. The summed E-state index contributed by atoms with van der Waals surface area (Å²) in [6, 6.07) is 31.5. The first-order chi connectivity index (χ1) is 17.5. The molecule has 0 spiro atoms. The second kappa shape index (κ2) is 10.2. The number of esters is 1. The van der Waals surface area contributed by atoms with Gasteiger partial charge in [-0.05, 0) is 61.5 Å². The summed E-state index contributed by atoms with van der Waals surface area (Å²) in [5.41, 5.74) is 3.73. The largest absolute Gasteiger partial charge is 0.482 e. The third kappa shape index (κ3) is 4.81. The molecule has 0 bridgehead atoms. The van der Waals surface area contributed by atoms with Crippen LogP contribution in [0.5, 0.6) is 11.5 Å². The van der Waals surface area contributed by atoms with Gasteiger partial charge < -0.3 is 14.0 Å². The van der Waals surface area contributed by atoms with Crippen molar-refractivity contribution in [3.63, 3.8) is 0 Å². The summed E-state index contributed by atoms with van der Waals surface area (Å²) in [7, 11) is 0. The number of para-hydroxylation sites is 1. The number of carbonyl (C=O) groups is 2. The Morgan fingerprint density at radius 1 is 0.806 bits per heavy atom. The zero-order valence-corrected chi connectivity index (χ0v) is 21.1. The first-order valence-electron chi connectivity index (χ1n) is 11.4. The van der Waals surface area contributed by atoms with Crippen molar-refractivity contribution in [2.45, 2.75) is 6.92 Å². The molecule has 0 saturated heterocycles. The molecule has 36 heavy (non-hydrogen) atoms. The summed E-state index contributed by atoms with van der Waals surface area (Å²) in [6.07, 6.45) is 0. The van der Waals surface area contributed by atoms with Gasteiger partial charge in [0.05, 0.1) is 11.1 Å². The van der Waals surface area contributed by atoms with E-state index in [2.05, 4.69) is 15.9 Å². The Bertz CT molecular complexity index is 1540. The first kappa shape index (κ1) is 23.6. The molecular formula is C30H22BrNO4. The number of aromatic nitrogens is 1. The highest BCUT2D eigenvalue weighted by Crippen LogP contribution is 2.34. The molecule has 1 heterocycles. The molecule has 0 unspecified atom stereocenters. The van der Waals surface area contributed by atoms with Gasteiger partial charge in [-0.15, -0.1) is 0 Å². The Morgan fingerprint density at radius 2 is 1.47 bits per heavy atom. The Morgan fingerprint density at radius 3 is 2.17 bits per heavy atom. The standard InChI is InChI=1S/C30H22BrNO4/c1-20-29(30(34)21-8-4-2-5-9-21)26-18-25(36-28(33)19-35-24-10-6-3-7-11-24)16-17-27(26)32(20)23-14-12-22(31)13-15-23/h2-18H,19H2,1H3. The summed E-state index contributed by atoms with van der Waals surface area (Å²) in [5.74, 6) is 0.310. The second-order valence-electron chi connectivity index (χ2n) is 8.22. The molecule has 0 saturated carbocycles. The van der Waals surface area contributed by atoms with Crippen LogP contribution in [0.15, 0.2) is 108 Å². The lowest BCUT2D eigenvalue weighted by Gasteiger charge is -2.10. The quantitative estimate of drug-likeness (QED) is 0.128. The van der Waals surface area contributed by atoms with Crippen molar-refractivity contribution in [2.75, 3.05) is 6.61 Å². The zero-order valence-electron chi connectivity index (χ0n) is 19.5. The van der Waals surface area contributed by atoms with E-state index in [1.807, 2.05) is 78.2 Å². The van der Waals surface area contributed by atoms with Crippen LogP contribution < -0.4 is 9.47 Å². The van der Waals surface area contributed by atoms with Crippen LogP contribution in [0, 0.1) is 6.92 Å². The van der Waals surface area contributed by atoms with Gasteiger partial charge in [-0.3, -0.25) is 4.79 Å². The van der Waals surface area contributed by atoms with Crippen molar-refractivity contribution in [1.29, 1.82) is 0 Å². The van der Waals surface area contributed by atoms with Gasteiger partial charge in [-0.1, -0.05) is 64.5 Å². The zero-order chi connectivity index (χ0) is 25.1. The number of ketones is 1. The van der Waals surface area contributed by atoms with E-state index in [-0.39, 0.29) is 12.4 Å². The van der Waals surface area contributed by atoms with Gasteiger partial charge in [0.1, 0.15) is 11.5 Å². The summed E-state index contributed by atoms with van der Waals surface area (Å²) in [4.78, 5) is 26.1. The van der Waals surface area contributed by atoms with E-state index in [1.165, 1.54) is 0 Å². The minimum atomic E-state index is -0.529. The third-order valence-corrected chi connectivity index (χ3v) is 6.38. The molecule has 0 radical (unpaired) electrons. The highest BCUT2D eigenvalue weighted by atomic mass is 79.9. The van der Waals surface area contributed by atoms with Gasteiger partial charge >= 0.3 is 5.97 Å². The summed E-state index contributed by atoms with van der Waals surface area (Å²) >= 11 is 3.48. The van der Waals surface area contributed by atoms with Crippen LogP contribution in [-0.2, 0) is 4.79 Å². The number of carbonyl (C=O) groups excluding carboxylic acids is 2. The molecule has 5 aromatic rings.